The second-order valence-electron chi connectivity index (χ2n) is 4.60. The fourth-order valence-corrected chi connectivity index (χ4v) is 2.11. The van der Waals surface area contributed by atoms with Crippen LogP contribution in [-0.4, -0.2) is 41.6 Å². The lowest BCUT2D eigenvalue weighted by atomic mass is 10.2. The van der Waals surface area contributed by atoms with Gasteiger partial charge in [-0.2, -0.15) is 0 Å². The van der Waals surface area contributed by atoms with Crippen molar-refractivity contribution in [3.8, 4) is 5.75 Å². The predicted octanol–water partition coefficient (Wildman–Crippen LogP) is 1.28. The van der Waals surface area contributed by atoms with Gasteiger partial charge in [0.1, 0.15) is 11.8 Å². The number of likely N-dealkylation sites (N-methyl/N-ethyl adjacent to an activating group) is 1. The fourth-order valence-electron chi connectivity index (χ4n) is 2.11. The number of carbonyl (C=O) groups excluding carboxylic acids is 1. The van der Waals surface area contributed by atoms with Gasteiger partial charge in [-0.15, -0.1) is 0 Å². The summed E-state index contributed by atoms with van der Waals surface area (Å²) in [4.78, 5) is 17.9. The van der Waals surface area contributed by atoms with Gasteiger partial charge in [0.2, 0.25) is 11.9 Å². The first-order valence-electron chi connectivity index (χ1n) is 5.98. The topological polar surface area (TPSA) is 73.4 Å². The first-order chi connectivity index (χ1) is 8.95. The Hall–Kier alpha value is -2.24. The van der Waals surface area contributed by atoms with Gasteiger partial charge in [0, 0.05) is 20.2 Å². The zero-order valence-corrected chi connectivity index (χ0v) is 11.5. The van der Waals surface area contributed by atoms with Gasteiger partial charge in [0.05, 0.1) is 18.1 Å². The first-order valence-corrected chi connectivity index (χ1v) is 5.98. The van der Waals surface area contributed by atoms with Gasteiger partial charge in [-0.05, 0) is 19.1 Å². The molecular weight excluding hydrogens is 244 g/mol. The quantitative estimate of drug-likeness (QED) is 0.904. The summed E-state index contributed by atoms with van der Waals surface area (Å²) in [6.45, 7) is 1.80. The van der Waals surface area contributed by atoms with E-state index in [1.54, 1.807) is 32.7 Å². The second-order valence-corrected chi connectivity index (χ2v) is 4.60. The molecule has 0 saturated heterocycles. The van der Waals surface area contributed by atoms with Gasteiger partial charge >= 0.3 is 0 Å². The summed E-state index contributed by atoms with van der Waals surface area (Å²) in [6.07, 6.45) is 0. The van der Waals surface area contributed by atoms with E-state index in [2.05, 4.69) is 4.98 Å². The Bertz CT molecular complexity index is 618. The lowest BCUT2D eigenvalue weighted by Gasteiger charge is -2.19. The van der Waals surface area contributed by atoms with Crippen molar-refractivity contribution in [2.24, 2.45) is 0 Å². The molecule has 6 heteroatoms. The highest BCUT2D eigenvalue weighted by Gasteiger charge is 2.21. The Kier molecular flexibility index (Phi) is 3.33. The number of hydrogen-bond acceptors (Lipinski definition) is 4. The number of benzene rings is 1. The molecule has 6 nitrogen and oxygen atoms in total. The lowest BCUT2D eigenvalue weighted by Crippen LogP contribution is -2.30. The van der Waals surface area contributed by atoms with Crippen LogP contribution in [0.4, 0.5) is 5.95 Å². The van der Waals surface area contributed by atoms with Crippen molar-refractivity contribution < 1.29 is 9.53 Å². The Morgan fingerprint density at radius 1 is 1.47 bits per heavy atom. The molecule has 1 atom stereocenters. The maximum Gasteiger partial charge on any atom is 0.244 e. The van der Waals surface area contributed by atoms with E-state index in [-0.39, 0.29) is 5.91 Å². The maximum absolute atomic E-state index is 12.1. The molecule has 0 saturated carbocycles. The van der Waals surface area contributed by atoms with Crippen LogP contribution in [0, 0.1) is 0 Å². The predicted molar refractivity (Wildman–Crippen MR) is 74.1 cm³/mol. The molecule has 1 unspecified atom stereocenters. The molecule has 0 aliphatic rings. The molecule has 0 bridgehead atoms. The number of methoxy groups -OCH3 is 1. The van der Waals surface area contributed by atoms with Gasteiger partial charge in [0.15, 0.2) is 0 Å². The smallest absolute Gasteiger partial charge is 0.244 e. The van der Waals surface area contributed by atoms with Crippen LogP contribution in [0.1, 0.15) is 13.0 Å². The number of nitrogen functional groups attached to an aromatic ring is 1. The molecule has 0 radical (unpaired) electrons. The summed E-state index contributed by atoms with van der Waals surface area (Å²) in [5.41, 5.74) is 7.46. The molecule has 1 aromatic carbocycles. The van der Waals surface area contributed by atoms with E-state index < -0.39 is 6.04 Å². The molecule has 0 aliphatic carbocycles. The minimum Gasteiger partial charge on any atom is -0.497 e. The number of imidazole rings is 1. The van der Waals surface area contributed by atoms with Gasteiger partial charge in [-0.25, -0.2) is 4.98 Å². The highest BCUT2D eigenvalue weighted by atomic mass is 16.5. The Morgan fingerprint density at radius 3 is 2.74 bits per heavy atom. The number of anilines is 1. The number of rotatable bonds is 3. The third kappa shape index (κ3) is 2.21. The summed E-state index contributed by atoms with van der Waals surface area (Å²) in [6, 6.07) is 5.07. The summed E-state index contributed by atoms with van der Waals surface area (Å²) >= 11 is 0. The van der Waals surface area contributed by atoms with E-state index >= 15 is 0 Å². The standard InChI is InChI=1S/C13H18N4O2/c1-8(12(18)16(2)3)17-11-7-9(19-4)5-6-10(11)15-13(17)14/h5-8H,1-4H3,(H2,14,15). The zero-order valence-electron chi connectivity index (χ0n) is 11.5. The monoisotopic (exact) mass is 262 g/mol. The van der Waals surface area contributed by atoms with Gasteiger partial charge in [0.25, 0.3) is 0 Å². The van der Waals surface area contributed by atoms with Crippen LogP contribution in [0.15, 0.2) is 18.2 Å². The minimum absolute atomic E-state index is 0.0335. The summed E-state index contributed by atoms with van der Waals surface area (Å²) < 4.78 is 6.92. The number of carbonyl (C=O) groups is 1. The third-order valence-corrected chi connectivity index (χ3v) is 3.11. The molecule has 2 N–H and O–H groups in total. The van der Waals surface area contributed by atoms with E-state index in [0.29, 0.717) is 11.7 Å². The number of fused-ring (bicyclic) bond motifs is 1. The molecular formula is C13H18N4O2. The Labute approximate surface area is 111 Å². The molecule has 1 aromatic heterocycles. The molecule has 1 heterocycles. The molecule has 102 valence electrons. The number of aromatic nitrogens is 2. The Balaban J connectivity index is 2.58. The van der Waals surface area contributed by atoms with Crippen molar-refractivity contribution in [3.63, 3.8) is 0 Å². The van der Waals surface area contributed by atoms with Crippen molar-refractivity contribution in [2.45, 2.75) is 13.0 Å². The molecule has 0 aliphatic heterocycles. The van der Waals surface area contributed by atoms with Crippen molar-refractivity contribution in [1.29, 1.82) is 0 Å². The lowest BCUT2D eigenvalue weighted by molar-refractivity contribution is -0.131. The average molecular weight is 262 g/mol. The summed E-state index contributed by atoms with van der Waals surface area (Å²) in [5.74, 6) is 0.998. The molecule has 1 amide bonds. The van der Waals surface area contributed by atoms with Crippen molar-refractivity contribution in [3.05, 3.63) is 18.2 Å². The van der Waals surface area contributed by atoms with E-state index in [1.807, 2.05) is 18.2 Å². The number of amides is 1. The van der Waals surface area contributed by atoms with Crippen molar-refractivity contribution in [1.82, 2.24) is 14.5 Å². The first kappa shape index (κ1) is 13.2. The van der Waals surface area contributed by atoms with E-state index in [1.165, 1.54) is 4.90 Å². The number of nitrogens with zero attached hydrogens (tertiary/aromatic N) is 3. The summed E-state index contributed by atoms with van der Waals surface area (Å²) in [7, 11) is 5.03. The SMILES string of the molecule is COc1ccc2nc(N)n(C(C)C(=O)N(C)C)c2c1. The van der Waals surface area contributed by atoms with Crippen LogP contribution in [0.3, 0.4) is 0 Å². The average Bonchev–Trinajstić information content (AvgIpc) is 2.71. The second kappa shape index (κ2) is 4.79. The number of ether oxygens (including phenoxy) is 1. The van der Waals surface area contributed by atoms with Crippen LogP contribution >= 0.6 is 0 Å². The van der Waals surface area contributed by atoms with Gasteiger partial charge in [-0.1, -0.05) is 0 Å². The molecule has 0 spiro atoms. The van der Waals surface area contributed by atoms with Crippen LogP contribution in [0.2, 0.25) is 0 Å². The van der Waals surface area contributed by atoms with Crippen molar-refractivity contribution in [2.75, 3.05) is 26.9 Å². The minimum atomic E-state index is -0.410. The fraction of sp³-hybridized carbons (Fsp3) is 0.385. The van der Waals surface area contributed by atoms with E-state index in [4.69, 9.17) is 10.5 Å². The largest absolute Gasteiger partial charge is 0.497 e. The Morgan fingerprint density at radius 2 is 2.16 bits per heavy atom. The molecule has 2 aromatic rings. The molecule has 0 fully saturated rings. The molecule has 2 rings (SSSR count). The number of hydrogen-bond donors (Lipinski definition) is 1. The van der Waals surface area contributed by atoms with Crippen LogP contribution in [0.25, 0.3) is 11.0 Å². The van der Waals surface area contributed by atoms with Crippen LogP contribution in [-0.2, 0) is 4.79 Å². The van der Waals surface area contributed by atoms with Crippen LogP contribution in [0.5, 0.6) is 5.75 Å². The number of nitrogens with two attached hydrogens (primary N) is 1. The van der Waals surface area contributed by atoms with Gasteiger partial charge in [-0.3, -0.25) is 9.36 Å². The van der Waals surface area contributed by atoms with Crippen molar-refractivity contribution >= 4 is 22.9 Å². The molecule has 19 heavy (non-hydrogen) atoms. The zero-order chi connectivity index (χ0) is 14.2. The van der Waals surface area contributed by atoms with Crippen LogP contribution < -0.4 is 10.5 Å². The normalized spacial score (nSPS) is 12.4. The highest BCUT2D eigenvalue weighted by Crippen LogP contribution is 2.26. The third-order valence-electron chi connectivity index (χ3n) is 3.11. The highest BCUT2D eigenvalue weighted by molar-refractivity contribution is 5.86. The van der Waals surface area contributed by atoms with E-state index in [0.717, 1.165) is 11.0 Å². The van der Waals surface area contributed by atoms with E-state index in [9.17, 15) is 4.79 Å². The maximum atomic E-state index is 12.1. The van der Waals surface area contributed by atoms with Gasteiger partial charge < -0.3 is 15.4 Å². The summed E-state index contributed by atoms with van der Waals surface area (Å²) in [5, 5.41) is 0.